The molecule has 1 unspecified atom stereocenters. The van der Waals surface area contributed by atoms with Gasteiger partial charge in [-0.1, -0.05) is 0 Å². The van der Waals surface area contributed by atoms with E-state index in [4.69, 9.17) is 0 Å². The number of piperidine rings is 1. The van der Waals surface area contributed by atoms with Crippen LogP contribution in [0.4, 0.5) is 0 Å². The van der Waals surface area contributed by atoms with Crippen molar-refractivity contribution in [3.05, 3.63) is 0 Å². The number of hydrogen-bond donors (Lipinski definition) is 1. The molecular formula is C15H29N3O. The number of carbonyl (C=O) groups is 1. The third-order valence-corrected chi connectivity index (χ3v) is 4.81. The van der Waals surface area contributed by atoms with Crippen molar-refractivity contribution < 1.29 is 4.79 Å². The molecule has 110 valence electrons. The maximum atomic E-state index is 12.2. The first-order valence-corrected chi connectivity index (χ1v) is 7.81. The minimum atomic E-state index is 0.332. The molecular weight excluding hydrogens is 238 g/mol. The van der Waals surface area contributed by atoms with Crippen LogP contribution in [0.1, 0.15) is 38.5 Å². The smallest absolute Gasteiger partial charge is 0.222 e. The molecule has 0 saturated carbocycles. The number of rotatable bonds is 5. The highest BCUT2D eigenvalue weighted by atomic mass is 16.2. The molecule has 2 saturated heterocycles. The summed E-state index contributed by atoms with van der Waals surface area (Å²) in [6, 6.07) is 0.577. The molecule has 4 nitrogen and oxygen atoms in total. The van der Waals surface area contributed by atoms with Crippen molar-refractivity contribution in [3.8, 4) is 0 Å². The summed E-state index contributed by atoms with van der Waals surface area (Å²) in [7, 11) is 4.14. The highest BCUT2D eigenvalue weighted by Gasteiger charge is 2.24. The summed E-state index contributed by atoms with van der Waals surface area (Å²) in [5.74, 6) is 1.09. The summed E-state index contributed by atoms with van der Waals surface area (Å²) in [5.41, 5.74) is 0. The molecule has 0 aliphatic carbocycles. The monoisotopic (exact) mass is 267 g/mol. The fourth-order valence-corrected chi connectivity index (χ4v) is 3.32. The van der Waals surface area contributed by atoms with Gasteiger partial charge in [0, 0.05) is 26.1 Å². The molecule has 1 amide bonds. The van der Waals surface area contributed by atoms with Crippen molar-refractivity contribution in [2.24, 2.45) is 5.92 Å². The van der Waals surface area contributed by atoms with Gasteiger partial charge >= 0.3 is 0 Å². The van der Waals surface area contributed by atoms with Crippen molar-refractivity contribution in [1.29, 1.82) is 0 Å². The summed E-state index contributed by atoms with van der Waals surface area (Å²) < 4.78 is 0. The average Bonchev–Trinajstić information content (AvgIpc) is 2.82. The Hall–Kier alpha value is -0.610. The Bertz CT molecular complexity index is 289. The van der Waals surface area contributed by atoms with Gasteiger partial charge < -0.3 is 15.1 Å². The maximum Gasteiger partial charge on any atom is 0.222 e. The van der Waals surface area contributed by atoms with Crippen LogP contribution >= 0.6 is 0 Å². The number of amides is 1. The van der Waals surface area contributed by atoms with Gasteiger partial charge in [-0.2, -0.15) is 0 Å². The van der Waals surface area contributed by atoms with Crippen LogP contribution in [0.25, 0.3) is 0 Å². The zero-order chi connectivity index (χ0) is 13.7. The Morgan fingerprint density at radius 3 is 2.68 bits per heavy atom. The number of nitrogens with zero attached hydrogens (tertiary/aromatic N) is 2. The van der Waals surface area contributed by atoms with E-state index in [1.54, 1.807) is 0 Å². The number of likely N-dealkylation sites (tertiary alicyclic amines) is 1. The SMILES string of the molecule is CN(CC1CCCN1C)C(=O)CCC1CCNCC1. The summed E-state index contributed by atoms with van der Waals surface area (Å²) in [6.07, 6.45) is 6.80. The van der Waals surface area contributed by atoms with E-state index < -0.39 is 0 Å². The van der Waals surface area contributed by atoms with Crippen molar-refractivity contribution in [2.75, 3.05) is 40.3 Å². The molecule has 0 aromatic carbocycles. The van der Waals surface area contributed by atoms with Gasteiger partial charge in [-0.3, -0.25) is 4.79 Å². The van der Waals surface area contributed by atoms with Gasteiger partial charge in [-0.15, -0.1) is 0 Å². The van der Waals surface area contributed by atoms with Crippen LogP contribution in [0.3, 0.4) is 0 Å². The molecule has 2 aliphatic rings. The first kappa shape index (κ1) is 14.8. The molecule has 2 fully saturated rings. The van der Waals surface area contributed by atoms with E-state index in [0.29, 0.717) is 11.9 Å². The fraction of sp³-hybridized carbons (Fsp3) is 0.933. The predicted octanol–water partition coefficient (Wildman–Crippen LogP) is 1.32. The fourth-order valence-electron chi connectivity index (χ4n) is 3.32. The zero-order valence-corrected chi connectivity index (χ0v) is 12.5. The summed E-state index contributed by atoms with van der Waals surface area (Å²) in [6.45, 7) is 4.34. The number of carbonyl (C=O) groups excluding carboxylic acids is 1. The van der Waals surface area contributed by atoms with Crippen LogP contribution in [-0.2, 0) is 4.79 Å². The van der Waals surface area contributed by atoms with E-state index in [-0.39, 0.29) is 0 Å². The molecule has 1 atom stereocenters. The van der Waals surface area contributed by atoms with E-state index in [1.165, 1.54) is 32.2 Å². The molecule has 19 heavy (non-hydrogen) atoms. The van der Waals surface area contributed by atoms with Gasteiger partial charge in [0.05, 0.1) is 0 Å². The first-order valence-electron chi connectivity index (χ1n) is 7.81. The largest absolute Gasteiger partial charge is 0.344 e. The van der Waals surface area contributed by atoms with E-state index in [1.807, 2.05) is 11.9 Å². The minimum Gasteiger partial charge on any atom is -0.344 e. The van der Waals surface area contributed by atoms with Crippen molar-refractivity contribution >= 4 is 5.91 Å². The molecule has 0 aromatic heterocycles. The molecule has 0 radical (unpaired) electrons. The van der Waals surface area contributed by atoms with Gasteiger partial charge in [0.1, 0.15) is 0 Å². The van der Waals surface area contributed by atoms with Gasteiger partial charge in [0.25, 0.3) is 0 Å². The third kappa shape index (κ3) is 4.46. The highest BCUT2D eigenvalue weighted by Crippen LogP contribution is 2.19. The molecule has 4 heteroatoms. The van der Waals surface area contributed by atoms with Crippen molar-refractivity contribution in [2.45, 2.75) is 44.6 Å². The van der Waals surface area contributed by atoms with E-state index in [9.17, 15) is 4.79 Å². The Balaban J connectivity index is 1.66. The van der Waals surface area contributed by atoms with Crippen LogP contribution in [0.2, 0.25) is 0 Å². The number of likely N-dealkylation sites (N-methyl/N-ethyl adjacent to an activating group) is 2. The van der Waals surface area contributed by atoms with Crippen molar-refractivity contribution in [1.82, 2.24) is 15.1 Å². The standard InChI is InChI=1S/C15H29N3O/c1-17-11-3-4-14(17)12-18(2)15(19)6-5-13-7-9-16-10-8-13/h13-14,16H,3-12H2,1-2H3. The highest BCUT2D eigenvalue weighted by molar-refractivity contribution is 5.75. The van der Waals surface area contributed by atoms with Crippen LogP contribution in [0.5, 0.6) is 0 Å². The molecule has 0 bridgehead atoms. The van der Waals surface area contributed by atoms with E-state index in [2.05, 4.69) is 17.3 Å². The predicted molar refractivity (Wildman–Crippen MR) is 78.1 cm³/mol. The van der Waals surface area contributed by atoms with Crippen LogP contribution in [0.15, 0.2) is 0 Å². The van der Waals surface area contributed by atoms with Gasteiger partial charge in [-0.05, 0) is 64.7 Å². The van der Waals surface area contributed by atoms with E-state index >= 15 is 0 Å². The summed E-state index contributed by atoms with van der Waals surface area (Å²) in [5, 5.41) is 3.38. The molecule has 2 rings (SSSR count). The second-order valence-electron chi connectivity index (χ2n) is 6.28. The Labute approximate surface area is 117 Å². The normalized spacial score (nSPS) is 25.7. The lowest BCUT2D eigenvalue weighted by Gasteiger charge is -2.27. The molecule has 1 N–H and O–H groups in total. The molecule has 0 spiro atoms. The Morgan fingerprint density at radius 2 is 2.05 bits per heavy atom. The molecule has 0 aromatic rings. The van der Waals surface area contributed by atoms with Gasteiger partial charge in [0.2, 0.25) is 5.91 Å². The molecule has 2 heterocycles. The van der Waals surface area contributed by atoms with Crippen molar-refractivity contribution in [3.63, 3.8) is 0 Å². The van der Waals surface area contributed by atoms with Crippen LogP contribution in [-0.4, -0.2) is 62.0 Å². The maximum absolute atomic E-state index is 12.2. The number of hydrogen-bond acceptors (Lipinski definition) is 3. The summed E-state index contributed by atoms with van der Waals surface area (Å²) in [4.78, 5) is 16.5. The second kappa shape index (κ2) is 7.25. The average molecular weight is 267 g/mol. The number of nitrogens with one attached hydrogen (secondary N) is 1. The lowest BCUT2D eigenvalue weighted by molar-refractivity contribution is -0.130. The van der Waals surface area contributed by atoms with E-state index in [0.717, 1.165) is 38.4 Å². The lowest BCUT2D eigenvalue weighted by atomic mass is 9.93. The first-order chi connectivity index (χ1) is 9.16. The Kier molecular flexibility index (Phi) is 5.64. The topological polar surface area (TPSA) is 35.6 Å². The third-order valence-electron chi connectivity index (χ3n) is 4.81. The van der Waals surface area contributed by atoms with Crippen LogP contribution < -0.4 is 5.32 Å². The zero-order valence-electron chi connectivity index (χ0n) is 12.5. The van der Waals surface area contributed by atoms with Gasteiger partial charge in [-0.25, -0.2) is 0 Å². The van der Waals surface area contributed by atoms with Gasteiger partial charge in [0.15, 0.2) is 0 Å². The minimum absolute atomic E-state index is 0.332. The van der Waals surface area contributed by atoms with Crippen LogP contribution in [0, 0.1) is 5.92 Å². The lowest BCUT2D eigenvalue weighted by Crippen LogP contribution is -2.39. The quantitative estimate of drug-likeness (QED) is 0.816. The Morgan fingerprint density at radius 1 is 1.32 bits per heavy atom. The summed E-state index contributed by atoms with van der Waals surface area (Å²) >= 11 is 0. The molecule has 2 aliphatic heterocycles. The second-order valence-corrected chi connectivity index (χ2v) is 6.28.